The molecule has 0 aromatic heterocycles. The molecule has 0 aromatic rings. The fraction of sp³-hybridized carbons (Fsp3) is 1.00. The number of hydrogen-bond acceptors (Lipinski definition) is 3. The van der Waals surface area contributed by atoms with E-state index in [9.17, 15) is 13.5 Å². The molecule has 1 aliphatic rings. The monoisotopic (exact) mass is 194 g/mol. The van der Waals surface area contributed by atoms with Crippen LogP contribution in [0.5, 0.6) is 0 Å². The predicted octanol–water partition coefficient (Wildman–Crippen LogP) is 0.629. The third-order valence-electron chi connectivity index (χ3n) is 2.68. The van der Waals surface area contributed by atoms with Crippen molar-refractivity contribution in [2.75, 3.05) is 0 Å². The number of aliphatic hydroxyl groups is 1. The van der Waals surface area contributed by atoms with E-state index in [0.29, 0.717) is 6.42 Å². The minimum Gasteiger partial charge on any atom is -0.372 e. The van der Waals surface area contributed by atoms with Crippen LogP contribution in [0, 0.1) is 11.3 Å². The lowest BCUT2D eigenvalue weighted by Gasteiger charge is -2.21. The summed E-state index contributed by atoms with van der Waals surface area (Å²) >= 11 is 0. The van der Waals surface area contributed by atoms with Crippen molar-refractivity contribution in [3.05, 3.63) is 0 Å². The summed E-state index contributed by atoms with van der Waals surface area (Å²) in [5.74, 6) is -0.361. The molecule has 4 nitrogen and oxygen atoms in total. The molecule has 1 aliphatic carbocycles. The largest absolute Gasteiger partial charge is 0.372 e. The first-order chi connectivity index (χ1) is 5.09. The van der Waals surface area contributed by atoms with Gasteiger partial charge in [0.2, 0.25) is 0 Å². The Balaban J connectivity index is 2.91. The van der Waals surface area contributed by atoms with Crippen molar-refractivity contribution < 1.29 is 18.1 Å². The fourth-order valence-electron chi connectivity index (χ4n) is 1.56. The van der Waals surface area contributed by atoms with E-state index in [-0.39, 0.29) is 11.3 Å². The number of hydrogen-bond donors (Lipinski definition) is 2. The Bertz CT molecular complexity index is 289. The van der Waals surface area contributed by atoms with Crippen LogP contribution in [0.15, 0.2) is 0 Å². The predicted molar refractivity (Wildman–Crippen MR) is 44.1 cm³/mol. The highest BCUT2D eigenvalue weighted by Crippen LogP contribution is 2.58. The molecule has 5 heteroatoms. The molecule has 2 N–H and O–H groups in total. The lowest BCUT2D eigenvalue weighted by molar-refractivity contribution is 0.0962. The van der Waals surface area contributed by atoms with Crippen molar-refractivity contribution in [3.8, 4) is 0 Å². The highest BCUT2D eigenvalue weighted by atomic mass is 32.2. The van der Waals surface area contributed by atoms with Crippen LogP contribution in [0.1, 0.15) is 27.2 Å². The Kier molecular flexibility index (Phi) is 1.84. The van der Waals surface area contributed by atoms with E-state index in [1.54, 1.807) is 0 Å². The van der Waals surface area contributed by atoms with Gasteiger partial charge in [-0.25, -0.2) is 0 Å². The second kappa shape index (κ2) is 2.21. The zero-order chi connectivity index (χ0) is 9.78. The van der Waals surface area contributed by atoms with Gasteiger partial charge < -0.3 is 5.11 Å². The average Bonchev–Trinajstić information content (AvgIpc) is 2.37. The molecule has 12 heavy (non-hydrogen) atoms. The average molecular weight is 194 g/mol. The summed E-state index contributed by atoms with van der Waals surface area (Å²) in [6.45, 7) is 4.86. The van der Waals surface area contributed by atoms with Gasteiger partial charge >= 0.3 is 0 Å². The van der Waals surface area contributed by atoms with Crippen LogP contribution in [-0.2, 0) is 10.1 Å². The van der Waals surface area contributed by atoms with E-state index in [4.69, 9.17) is 4.55 Å². The van der Waals surface area contributed by atoms with Crippen molar-refractivity contribution in [1.29, 1.82) is 0 Å². The summed E-state index contributed by atoms with van der Waals surface area (Å²) < 4.78 is 30.2. The van der Waals surface area contributed by atoms with Crippen LogP contribution in [0.2, 0.25) is 0 Å². The molecule has 2 atom stereocenters. The summed E-state index contributed by atoms with van der Waals surface area (Å²) in [6.07, 6.45) is 0.625. The molecule has 0 spiro atoms. The van der Waals surface area contributed by atoms with Gasteiger partial charge in [0.05, 0.1) is 0 Å². The summed E-state index contributed by atoms with van der Waals surface area (Å²) in [5, 5.41) is 9.49. The van der Waals surface area contributed by atoms with Gasteiger partial charge in [0.25, 0.3) is 10.1 Å². The lowest BCUT2D eigenvalue weighted by atomic mass is 10.1. The molecular weight excluding hydrogens is 180 g/mol. The maximum Gasteiger partial charge on any atom is 0.294 e. The van der Waals surface area contributed by atoms with Gasteiger partial charge in [0.1, 0.15) is 0 Å². The van der Waals surface area contributed by atoms with E-state index in [1.165, 1.54) is 0 Å². The molecule has 0 bridgehead atoms. The second-order valence-electron chi connectivity index (χ2n) is 4.28. The van der Waals surface area contributed by atoms with Crippen molar-refractivity contribution in [3.63, 3.8) is 0 Å². The molecule has 1 saturated carbocycles. The first kappa shape index (κ1) is 9.95. The Morgan fingerprint density at radius 3 is 1.92 bits per heavy atom. The normalized spacial score (nSPS) is 32.6. The van der Waals surface area contributed by atoms with E-state index < -0.39 is 15.1 Å². The van der Waals surface area contributed by atoms with Crippen molar-refractivity contribution in [1.82, 2.24) is 0 Å². The van der Waals surface area contributed by atoms with Gasteiger partial charge in [-0.2, -0.15) is 8.42 Å². The highest BCUT2D eigenvalue weighted by molar-refractivity contribution is 7.87. The molecule has 0 radical (unpaired) electrons. The minimum atomic E-state index is -4.35. The van der Waals surface area contributed by atoms with E-state index in [1.807, 2.05) is 13.8 Å². The van der Waals surface area contributed by atoms with Crippen LogP contribution in [0.25, 0.3) is 0 Å². The zero-order valence-electron chi connectivity index (χ0n) is 7.40. The van der Waals surface area contributed by atoms with Gasteiger partial charge in [0.15, 0.2) is 4.93 Å². The maximum absolute atomic E-state index is 10.7. The molecule has 0 heterocycles. The molecule has 2 unspecified atom stereocenters. The molecule has 0 saturated heterocycles. The van der Waals surface area contributed by atoms with Gasteiger partial charge in [-0.1, -0.05) is 13.8 Å². The Hall–Kier alpha value is -0.130. The molecule has 0 amide bonds. The summed E-state index contributed by atoms with van der Waals surface area (Å²) in [6, 6.07) is 0. The van der Waals surface area contributed by atoms with E-state index >= 15 is 0 Å². The highest BCUT2D eigenvalue weighted by Gasteiger charge is 2.60. The summed E-state index contributed by atoms with van der Waals surface area (Å²) in [7, 11) is -4.35. The van der Waals surface area contributed by atoms with Crippen LogP contribution in [-0.4, -0.2) is 23.0 Å². The van der Waals surface area contributed by atoms with Crippen molar-refractivity contribution in [2.24, 2.45) is 11.3 Å². The Morgan fingerprint density at radius 2 is 1.83 bits per heavy atom. The van der Waals surface area contributed by atoms with Gasteiger partial charge in [0, 0.05) is 5.92 Å². The third kappa shape index (κ3) is 1.36. The summed E-state index contributed by atoms with van der Waals surface area (Å²) in [4.78, 5) is -1.99. The van der Waals surface area contributed by atoms with E-state index in [2.05, 4.69) is 0 Å². The molecule has 1 rings (SSSR count). The SMILES string of the molecule is CC1(C)CC1C(C)(O)S(=O)(=O)O. The standard InChI is InChI=1S/C7H14O4S/c1-6(2)4-5(6)7(3,8)12(9,10)11/h5,8H,4H2,1-3H3,(H,9,10,11). The quantitative estimate of drug-likeness (QED) is 0.632. The topological polar surface area (TPSA) is 74.6 Å². The zero-order valence-corrected chi connectivity index (χ0v) is 8.22. The minimum absolute atomic E-state index is 0.181. The fourth-order valence-corrected chi connectivity index (χ4v) is 2.32. The maximum atomic E-state index is 10.7. The van der Waals surface area contributed by atoms with Gasteiger partial charge in [-0.05, 0) is 18.8 Å². The first-order valence-electron chi connectivity index (χ1n) is 3.78. The second-order valence-corrected chi connectivity index (χ2v) is 6.05. The van der Waals surface area contributed by atoms with Gasteiger partial charge in [-0.3, -0.25) is 4.55 Å². The van der Waals surface area contributed by atoms with Crippen LogP contribution in [0.4, 0.5) is 0 Å². The van der Waals surface area contributed by atoms with E-state index in [0.717, 1.165) is 6.92 Å². The van der Waals surface area contributed by atoms with Crippen LogP contribution in [0.3, 0.4) is 0 Å². The molecular formula is C7H14O4S. The molecule has 1 fully saturated rings. The molecule has 72 valence electrons. The molecule has 0 aromatic carbocycles. The lowest BCUT2D eigenvalue weighted by Crippen LogP contribution is -2.38. The first-order valence-corrected chi connectivity index (χ1v) is 5.22. The Labute approximate surface area is 72.3 Å². The van der Waals surface area contributed by atoms with Crippen LogP contribution >= 0.6 is 0 Å². The van der Waals surface area contributed by atoms with Crippen LogP contribution < -0.4 is 0 Å². The smallest absolute Gasteiger partial charge is 0.294 e. The van der Waals surface area contributed by atoms with Crippen molar-refractivity contribution in [2.45, 2.75) is 32.1 Å². The Morgan fingerprint density at radius 1 is 1.50 bits per heavy atom. The van der Waals surface area contributed by atoms with Gasteiger partial charge in [-0.15, -0.1) is 0 Å². The third-order valence-corrected chi connectivity index (χ3v) is 4.01. The van der Waals surface area contributed by atoms with Crippen molar-refractivity contribution >= 4 is 10.1 Å². The number of rotatable bonds is 2. The summed E-state index contributed by atoms with van der Waals surface area (Å²) in [5.41, 5.74) is -0.181. The molecule has 0 aliphatic heterocycles.